The molecule has 1 atom stereocenters. The SMILES string of the molecule is COOC(=O)C1CCCNC1. The molecular weight excluding hydrogens is 146 g/mol. The maximum Gasteiger partial charge on any atom is 0.346 e. The molecule has 0 aromatic rings. The molecular formula is C7H13NO3. The summed E-state index contributed by atoms with van der Waals surface area (Å²) in [5.41, 5.74) is 0. The molecule has 1 fully saturated rings. The Bertz CT molecular complexity index is 132. The molecule has 1 unspecified atom stereocenters. The average Bonchev–Trinajstić information content (AvgIpc) is 2.07. The van der Waals surface area contributed by atoms with Crippen LogP contribution in [0.1, 0.15) is 12.8 Å². The second-order valence-corrected chi connectivity index (χ2v) is 2.61. The largest absolute Gasteiger partial charge is 0.346 e. The fourth-order valence-electron chi connectivity index (χ4n) is 1.20. The van der Waals surface area contributed by atoms with Crippen LogP contribution in [0.25, 0.3) is 0 Å². The van der Waals surface area contributed by atoms with Gasteiger partial charge in [0.05, 0.1) is 13.0 Å². The minimum atomic E-state index is -0.264. The summed E-state index contributed by atoms with van der Waals surface area (Å²) < 4.78 is 0. The predicted molar refractivity (Wildman–Crippen MR) is 38.7 cm³/mol. The summed E-state index contributed by atoms with van der Waals surface area (Å²) in [5.74, 6) is -0.289. The molecule has 1 saturated heterocycles. The number of nitrogens with one attached hydrogen (secondary N) is 1. The highest BCUT2D eigenvalue weighted by atomic mass is 17.2. The fourth-order valence-corrected chi connectivity index (χ4v) is 1.20. The van der Waals surface area contributed by atoms with E-state index in [4.69, 9.17) is 0 Å². The quantitative estimate of drug-likeness (QED) is 0.458. The molecule has 1 N–H and O–H groups in total. The Morgan fingerprint density at radius 1 is 1.64 bits per heavy atom. The molecule has 0 spiro atoms. The van der Waals surface area contributed by atoms with Crippen molar-refractivity contribution in [2.24, 2.45) is 5.92 Å². The van der Waals surface area contributed by atoms with Crippen LogP contribution in [0.15, 0.2) is 0 Å². The minimum Gasteiger partial charge on any atom is -0.316 e. The van der Waals surface area contributed by atoms with Crippen molar-refractivity contribution in [3.05, 3.63) is 0 Å². The van der Waals surface area contributed by atoms with Gasteiger partial charge in [0.2, 0.25) is 0 Å². The van der Waals surface area contributed by atoms with Crippen molar-refractivity contribution < 1.29 is 14.6 Å². The van der Waals surface area contributed by atoms with Gasteiger partial charge in [-0.1, -0.05) is 0 Å². The Morgan fingerprint density at radius 3 is 3.00 bits per heavy atom. The third kappa shape index (κ3) is 2.48. The Balaban J connectivity index is 2.27. The molecule has 0 bridgehead atoms. The van der Waals surface area contributed by atoms with Gasteiger partial charge in [-0.25, -0.2) is 4.79 Å². The van der Waals surface area contributed by atoms with Crippen LogP contribution in [0.4, 0.5) is 0 Å². The van der Waals surface area contributed by atoms with Crippen molar-refractivity contribution in [3.63, 3.8) is 0 Å². The highest BCUT2D eigenvalue weighted by Crippen LogP contribution is 2.11. The number of carbonyl (C=O) groups excluding carboxylic acids is 1. The molecule has 0 amide bonds. The molecule has 1 rings (SSSR count). The van der Waals surface area contributed by atoms with Crippen LogP contribution >= 0.6 is 0 Å². The molecule has 4 heteroatoms. The molecule has 0 aromatic carbocycles. The molecule has 4 nitrogen and oxygen atoms in total. The molecule has 64 valence electrons. The van der Waals surface area contributed by atoms with E-state index in [1.165, 1.54) is 7.11 Å². The molecule has 1 aliphatic rings. The van der Waals surface area contributed by atoms with Crippen molar-refractivity contribution in [2.45, 2.75) is 12.8 Å². The first-order valence-corrected chi connectivity index (χ1v) is 3.80. The van der Waals surface area contributed by atoms with Crippen LogP contribution in [-0.4, -0.2) is 26.2 Å². The van der Waals surface area contributed by atoms with Crippen LogP contribution in [-0.2, 0) is 14.6 Å². The van der Waals surface area contributed by atoms with Gasteiger partial charge in [0.15, 0.2) is 0 Å². The molecule has 1 aliphatic heterocycles. The number of carbonyl (C=O) groups is 1. The van der Waals surface area contributed by atoms with Crippen molar-refractivity contribution in [1.29, 1.82) is 0 Å². The second kappa shape index (κ2) is 4.31. The monoisotopic (exact) mass is 159 g/mol. The van der Waals surface area contributed by atoms with Crippen LogP contribution in [0.2, 0.25) is 0 Å². The number of rotatable bonds is 2. The zero-order chi connectivity index (χ0) is 8.10. The molecule has 1 heterocycles. The standard InChI is InChI=1S/C7H13NO3/c1-10-11-7(9)6-3-2-4-8-5-6/h6,8H,2-5H2,1H3. The summed E-state index contributed by atoms with van der Waals surface area (Å²) >= 11 is 0. The number of piperidine rings is 1. The Morgan fingerprint density at radius 2 is 2.45 bits per heavy atom. The molecule has 0 saturated carbocycles. The van der Waals surface area contributed by atoms with Gasteiger partial charge in [-0.3, -0.25) is 4.89 Å². The zero-order valence-electron chi connectivity index (χ0n) is 6.63. The van der Waals surface area contributed by atoms with E-state index in [1.54, 1.807) is 0 Å². The van der Waals surface area contributed by atoms with Gasteiger partial charge in [0, 0.05) is 6.54 Å². The van der Waals surface area contributed by atoms with Gasteiger partial charge in [0.25, 0.3) is 0 Å². The lowest BCUT2D eigenvalue weighted by atomic mass is 10.0. The molecule has 11 heavy (non-hydrogen) atoms. The molecule has 0 aromatic heterocycles. The average molecular weight is 159 g/mol. The maximum atomic E-state index is 11.0. The topological polar surface area (TPSA) is 47.6 Å². The Kier molecular flexibility index (Phi) is 3.32. The van der Waals surface area contributed by atoms with E-state index in [1.807, 2.05) is 0 Å². The van der Waals surface area contributed by atoms with Crippen LogP contribution in [0.5, 0.6) is 0 Å². The number of hydrogen-bond donors (Lipinski definition) is 1. The van der Waals surface area contributed by atoms with Crippen LogP contribution < -0.4 is 5.32 Å². The van der Waals surface area contributed by atoms with E-state index in [2.05, 4.69) is 15.1 Å². The van der Waals surface area contributed by atoms with Crippen molar-refractivity contribution in [2.75, 3.05) is 20.2 Å². The fraction of sp³-hybridized carbons (Fsp3) is 0.857. The lowest BCUT2D eigenvalue weighted by molar-refractivity contribution is -0.259. The van der Waals surface area contributed by atoms with E-state index < -0.39 is 0 Å². The van der Waals surface area contributed by atoms with E-state index in [0.717, 1.165) is 19.4 Å². The van der Waals surface area contributed by atoms with E-state index >= 15 is 0 Å². The van der Waals surface area contributed by atoms with Gasteiger partial charge < -0.3 is 5.32 Å². The highest BCUT2D eigenvalue weighted by molar-refractivity contribution is 5.72. The molecule has 0 radical (unpaired) electrons. The van der Waals surface area contributed by atoms with Crippen LogP contribution in [0, 0.1) is 5.92 Å². The van der Waals surface area contributed by atoms with Crippen molar-refractivity contribution in [3.8, 4) is 0 Å². The Labute approximate surface area is 65.8 Å². The maximum absolute atomic E-state index is 11.0. The summed E-state index contributed by atoms with van der Waals surface area (Å²) in [6.45, 7) is 1.71. The van der Waals surface area contributed by atoms with Gasteiger partial charge >= 0.3 is 5.97 Å². The van der Waals surface area contributed by atoms with E-state index in [0.29, 0.717) is 6.54 Å². The zero-order valence-corrected chi connectivity index (χ0v) is 6.63. The van der Waals surface area contributed by atoms with Gasteiger partial charge in [0.1, 0.15) is 0 Å². The first-order valence-electron chi connectivity index (χ1n) is 3.80. The molecule has 0 aliphatic carbocycles. The third-order valence-electron chi connectivity index (χ3n) is 1.80. The smallest absolute Gasteiger partial charge is 0.316 e. The Hall–Kier alpha value is -0.610. The van der Waals surface area contributed by atoms with Crippen molar-refractivity contribution >= 4 is 5.97 Å². The minimum absolute atomic E-state index is 0.0244. The number of hydrogen-bond acceptors (Lipinski definition) is 4. The van der Waals surface area contributed by atoms with Gasteiger partial charge in [-0.2, -0.15) is 4.89 Å². The summed E-state index contributed by atoms with van der Waals surface area (Å²) in [6, 6.07) is 0. The lowest BCUT2D eigenvalue weighted by Crippen LogP contribution is -2.35. The van der Waals surface area contributed by atoms with Gasteiger partial charge in [-0.05, 0) is 19.4 Å². The summed E-state index contributed by atoms with van der Waals surface area (Å²) in [6.07, 6.45) is 1.93. The van der Waals surface area contributed by atoms with Crippen molar-refractivity contribution in [1.82, 2.24) is 5.32 Å². The summed E-state index contributed by atoms with van der Waals surface area (Å²) in [5, 5.41) is 3.12. The summed E-state index contributed by atoms with van der Waals surface area (Å²) in [4.78, 5) is 19.7. The predicted octanol–water partition coefficient (Wildman–Crippen LogP) is 0.0906. The van der Waals surface area contributed by atoms with E-state index in [-0.39, 0.29) is 11.9 Å². The summed E-state index contributed by atoms with van der Waals surface area (Å²) in [7, 11) is 1.34. The normalized spacial score (nSPS) is 24.6. The van der Waals surface area contributed by atoms with Crippen LogP contribution in [0.3, 0.4) is 0 Å². The second-order valence-electron chi connectivity index (χ2n) is 2.61. The first-order chi connectivity index (χ1) is 5.34. The van der Waals surface area contributed by atoms with E-state index in [9.17, 15) is 4.79 Å². The highest BCUT2D eigenvalue weighted by Gasteiger charge is 2.22. The van der Waals surface area contributed by atoms with Gasteiger partial charge in [-0.15, -0.1) is 0 Å². The third-order valence-corrected chi connectivity index (χ3v) is 1.80. The first kappa shape index (κ1) is 8.49. The lowest BCUT2D eigenvalue weighted by Gasteiger charge is -2.19.